The van der Waals surface area contributed by atoms with Crippen LogP contribution in [0.5, 0.6) is 5.75 Å². The quantitative estimate of drug-likeness (QED) is 0.317. The topological polar surface area (TPSA) is 123 Å². The molecule has 9 nitrogen and oxygen atoms in total. The van der Waals surface area contributed by atoms with Crippen molar-refractivity contribution in [2.45, 2.75) is 13.5 Å². The SMILES string of the molecule is CCNC(=O)C(=O)N/N=C\c1ccc(OCc2ccc([N+](=O)[O-])cc2)c(Cl)c1. The van der Waals surface area contributed by atoms with Crippen LogP contribution in [0.1, 0.15) is 18.1 Å². The smallest absolute Gasteiger partial charge is 0.329 e. The number of non-ortho nitro benzene ring substituents is 1. The molecule has 2 aromatic carbocycles. The van der Waals surface area contributed by atoms with Crippen molar-refractivity contribution in [2.75, 3.05) is 6.54 Å². The molecular formula is C18H17ClN4O5. The van der Waals surface area contributed by atoms with Gasteiger partial charge in [-0.15, -0.1) is 0 Å². The van der Waals surface area contributed by atoms with E-state index in [0.29, 0.717) is 22.9 Å². The Hall–Kier alpha value is -3.46. The highest BCUT2D eigenvalue weighted by Crippen LogP contribution is 2.26. The summed E-state index contributed by atoms with van der Waals surface area (Å²) in [6, 6.07) is 10.9. The third-order valence-corrected chi connectivity index (χ3v) is 3.72. The van der Waals surface area contributed by atoms with Crippen LogP contribution in [0.15, 0.2) is 47.6 Å². The second kappa shape index (κ2) is 10.0. The van der Waals surface area contributed by atoms with Crippen LogP contribution in [0.3, 0.4) is 0 Å². The first-order chi connectivity index (χ1) is 13.4. The number of nitrogens with zero attached hydrogens (tertiary/aromatic N) is 2. The van der Waals surface area contributed by atoms with Crippen molar-refractivity contribution in [1.82, 2.24) is 10.7 Å². The highest BCUT2D eigenvalue weighted by molar-refractivity contribution is 6.35. The van der Waals surface area contributed by atoms with Gasteiger partial charge >= 0.3 is 11.8 Å². The maximum Gasteiger partial charge on any atom is 0.329 e. The van der Waals surface area contributed by atoms with Crippen molar-refractivity contribution in [2.24, 2.45) is 5.10 Å². The van der Waals surface area contributed by atoms with E-state index in [1.165, 1.54) is 18.3 Å². The maximum absolute atomic E-state index is 11.4. The average molecular weight is 405 g/mol. The zero-order valence-electron chi connectivity index (χ0n) is 14.8. The molecule has 0 saturated carbocycles. The zero-order chi connectivity index (χ0) is 20.5. The van der Waals surface area contributed by atoms with E-state index in [-0.39, 0.29) is 12.3 Å². The number of nitro benzene ring substituents is 1. The second-order valence-corrected chi connectivity index (χ2v) is 5.87. The number of halogens is 1. The summed E-state index contributed by atoms with van der Waals surface area (Å²) in [5.74, 6) is -1.22. The molecule has 2 aromatic rings. The van der Waals surface area contributed by atoms with Crippen LogP contribution >= 0.6 is 11.6 Å². The Balaban J connectivity index is 1.92. The van der Waals surface area contributed by atoms with Gasteiger partial charge in [-0.3, -0.25) is 19.7 Å². The summed E-state index contributed by atoms with van der Waals surface area (Å²) in [4.78, 5) is 32.8. The number of benzene rings is 2. The number of nitro groups is 1. The molecule has 146 valence electrons. The highest BCUT2D eigenvalue weighted by atomic mass is 35.5. The number of hydrogen-bond acceptors (Lipinski definition) is 6. The molecule has 2 N–H and O–H groups in total. The fourth-order valence-corrected chi connectivity index (χ4v) is 2.29. The van der Waals surface area contributed by atoms with Crippen molar-refractivity contribution < 1.29 is 19.2 Å². The second-order valence-electron chi connectivity index (χ2n) is 5.46. The molecule has 0 aromatic heterocycles. The zero-order valence-corrected chi connectivity index (χ0v) is 15.6. The standard InChI is InChI=1S/C18H17ClN4O5/c1-2-20-17(24)18(25)22-21-10-13-5-8-16(15(19)9-13)28-11-12-3-6-14(7-4-12)23(26)27/h3-10H,2,11H2,1H3,(H,20,24)(H,22,25)/b21-10-. The molecule has 2 rings (SSSR count). The predicted molar refractivity (Wildman–Crippen MR) is 103 cm³/mol. The lowest BCUT2D eigenvalue weighted by molar-refractivity contribution is -0.384. The molecular weight excluding hydrogens is 388 g/mol. The van der Waals surface area contributed by atoms with Gasteiger partial charge in [0.05, 0.1) is 16.2 Å². The summed E-state index contributed by atoms with van der Waals surface area (Å²) < 4.78 is 5.61. The van der Waals surface area contributed by atoms with Crippen LogP contribution in [0.4, 0.5) is 5.69 Å². The van der Waals surface area contributed by atoms with Gasteiger partial charge in [-0.2, -0.15) is 5.10 Å². The lowest BCUT2D eigenvalue weighted by atomic mass is 10.2. The van der Waals surface area contributed by atoms with Gasteiger partial charge in [0.2, 0.25) is 0 Å². The summed E-state index contributed by atoms with van der Waals surface area (Å²) in [6.45, 7) is 2.22. The van der Waals surface area contributed by atoms with Crippen LogP contribution in [0, 0.1) is 10.1 Å². The van der Waals surface area contributed by atoms with Gasteiger partial charge in [-0.1, -0.05) is 11.6 Å². The van der Waals surface area contributed by atoms with Crippen molar-refractivity contribution in [3.05, 3.63) is 68.7 Å². The fraction of sp³-hybridized carbons (Fsp3) is 0.167. The minimum atomic E-state index is -0.868. The van der Waals surface area contributed by atoms with Crippen molar-refractivity contribution in [3.63, 3.8) is 0 Å². The van der Waals surface area contributed by atoms with E-state index in [0.717, 1.165) is 5.56 Å². The Morgan fingerprint density at radius 1 is 1.21 bits per heavy atom. The summed E-state index contributed by atoms with van der Waals surface area (Å²) in [5, 5.41) is 17.0. The Morgan fingerprint density at radius 2 is 1.93 bits per heavy atom. The first-order valence-corrected chi connectivity index (χ1v) is 8.55. The van der Waals surface area contributed by atoms with Crippen LogP contribution in [0.25, 0.3) is 0 Å². The minimum absolute atomic E-state index is 0.00434. The van der Waals surface area contributed by atoms with Crippen LogP contribution in [-0.4, -0.2) is 29.5 Å². The number of hydrazone groups is 1. The number of carbonyl (C=O) groups is 2. The molecule has 28 heavy (non-hydrogen) atoms. The van der Waals surface area contributed by atoms with E-state index in [1.54, 1.807) is 37.3 Å². The Bertz CT molecular complexity index is 899. The van der Waals surface area contributed by atoms with Gasteiger partial charge in [0.25, 0.3) is 5.69 Å². The molecule has 2 amide bonds. The van der Waals surface area contributed by atoms with E-state index in [4.69, 9.17) is 16.3 Å². The van der Waals surface area contributed by atoms with Gasteiger partial charge in [0, 0.05) is 18.7 Å². The molecule has 0 atom stereocenters. The third kappa shape index (κ3) is 6.06. The number of nitrogens with one attached hydrogen (secondary N) is 2. The van der Waals surface area contributed by atoms with Gasteiger partial charge in [-0.25, -0.2) is 5.43 Å². The Morgan fingerprint density at radius 3 is 2.54 bits per heavy atom. The molecule has 0 spiro atoms. The van der Waals surface area contributed by atoms with E-state index in [2.05, 4.69) is 15.8 Å². The highest BCUT2D eigenvalue weighted by Gasteiger charge is 2.10. The molecule has 0 fully saturated rings. The van der Waals surface area contributed by atoms with Crippen LogP contribution in [0.2, 0.25) is 5.02 Å². The molecule has 0 saturated heterocycles. The van der Waals surface area contributed by atoms with Gasteiger partial charge in [-0.05, 0) is 48.4 Å². The predicted octanol–water partition coefficient (Wildman–Crippen LogP) is 2.41. The summed E-state index contributed by atoms with van der Waals surface area (Å²) in [7, 11) is 0. The number of carbonyl (C=O) groups excluding carboxylic acids is 2. The molecule has 10 heteroatoms. The Labute approximate surface area is 165 Å². The number of ether oxygens (including phenoxy) is 1. The van der Waals surface area contributed by atoms with E-state index < -0.39 is 16.7 Å². The van der Waals surface area contributed by atoms with E-state index in [1.807, 2.05) is 0 Å². The summed E-state index contributed by atoms with van der Waals surface area (Å²) in [6.07, 6.45) is 1.34. The normalized spacial score (nSPS) is 10.5. The first-order valence-electron chi connectivity index (χ1n) is 8.17. The van der Waals surface area contributed by atoms with Crippen LogP contribution < -0.4 is 15.5 Å². The molecule has 0 unspecified atom stereocenters. The molecule has 0 bridgehead atoms. The van der Waals surface area contributed by atoms with Crippen molar-refractivity contribution in [1.29, 1.82) is 0 Å². The number of amides is 2. The summed E-state index contributed by atoms with van der Waals surface area (Å²) in [5.41, 5.74) is 3.45. The van der Waals surface area contributed by atoms with E-state index in [9.17, 15) is 19.7 Å². The third-order valence-electron chi connectivity index (χ3n) is 3.42. The van der Waals surface area contributed by atoms with E-state index >= 15 is 0 Å². The lowest BCUT2D eigenvalue weighted by Crippen LogP contribution is -2.37. The minimum Gasteiger partial charge on any atom is -0.487 e. The number of hydrogen-bond donors (Lipinski definition) is 2. The average Bonchev–Trinajstić information content (AvgIpc) is 2.67. The number of likely N-dealkylation sites (N-methyl/N-ethyl adjacent to an activating group) is 1. The van der Waals surface area contributed by atoms with Gasteiger partial charge in [0.1, 0.15) is 12.4 Å². The molecule has 0 heterocycles. The molecule has 0 radical (unpaired) electrons. The number of rotatable bonds is 7. The van der Waals surface area contributed by atoms with Gasteiger partial charge < -0.3 is 10.1 Å². The summed E-state index contributed by atoms with van der Waals surface area (Å²) >= 11 is 6.17. The van der Waals surface area contributed by atoms with Crippen molar-refractivity contribution >= 4 is 35.3 Å². The lowest BCUT2D eigenvalue weighted by Gasteiger charge is -2.08. The largest absolute Gasteiger partial charge is 0.487 e. The fourth-order valence-electron chi connectivity index (χ4n) is 2.05. The van der Waals surface area contributed by atoms with Crippen LogP contribution in [-0.2, 0) is 16.2 Å². The maximum atomic E-state index is 11.4. The monoisotopic (exact) mass is 404 g/mol. The van der Waals surface area contributed by atoms with Crippen molar-refractivity contribution in [3.8, 4) is 5.75 Å². The van der Waals surface area contributed by atoms with Gasteiger partial charge in [0.15, 0.2) is 0 Å². The first kappa shape index (κ1) is 20.8. The Kier molecular flexibility index (Phi) is 7.46. The molecule has 0 aliphatic rings. The molecule has 0 aliphatic carbocycles. The molecule has 0 aliphatic heterocycles.